The van der Waals surface area contributed by atoms with E-state index in [1.807, 2.05) is 0 Å². The van der Waals surface area contributed by atoms with E-state index in [9.17, 15) is 9.59 Å². The molecule has 0 aromatic carbocycles. The molecule has 0 aliphatic rings. The van der Waals surface area contributed by atoms with Crippen LogP contribution in [-0.4, -0.2) is 17.4 Å². The first kappa shape index (κ1) is 21.9. The fourth-order valence-corrected chi connectivity index (χ4v) is 2.69. The van der Waals surface area contributed by atoms with Crippen LogP contribution in [-0.2, 0) is 9.59 Å². The Balaban J connectivity index is 3.06. The van der Waals surface area contributed by atoms with Gasteiger partial charge in [-0.3, -0.25) is 4.79 Å². The molecule has 0 amide bonds. The molecule has 0 aromatic rings. The number of rotatable bonds is 18. The highest BCUT2D eigenvalue weighted by Crippen LogP contribution is 2.12. The first-order valence-electron chi connectivity index (χ1n) is 9.58. The molecular formula is C20H36O3. The Morgan fingerprint density at radius 2 is 1.00 bits per heavy atom. The van der Waals surface area contributed by atoms with Crippen molar-refractivity contribution in [1.82, 2.24) is 0 Å². The summed E-state index contributed by atoms with van der Waals surface area (Å²) < 4.78 is 0. The zero-order valence-corrected chi connectivity index (χ0v) is 14.8. The second-order valence-electron chi connectivity index (χ2n) is 6.39. The minimum Gasteiger partial charge on any atom is -0.481 e. The fourth-order valence-electron chi connectivity index (χ4n) is 2.69. The van der Waals surface area contributed by atoms with E-state index in [1.54, 1.807) is 0 Å². The number of carboxylic acids is 1. The number of unbranched alkanes of at least 4 members (excludes halogenated alkanes) is 13. The molecule has 134 valence electrons. The Morgan fingerprint density at radius 1 is 0.609 bits per heavy atom. The largest absolute Gasteiger partial charge is 0.481 e. The summed E-state index contributed by atoms with van der Waals surface area (Å²) >= 11 is 0. The van der Waals surface area contributed by atoms with E-state index in [0.29, 0.717) is 0 Å². The van der Waals surface area contributed by atoms with Crippen LogP contribution >= 0.6 is 0 Å². The minimum atomic E-state index is -0.698. The van der Waals surface area contributed by atoms with Crippen LogP contribution in [0.4, 0.5) is 0 Å². The highest BCUT2D eigenvalue weighted by Gasteiger charge is 1.94. The van der Waals surface area contributed by atoms with Crippen molar-refractivity contribution in [2.45, 2.75) is 103 Å². The summed E-state index contributed by atoms with van der Waals surface area (Å²) in [5, 5.41) is 8.51. The number of aldehydes is 1. The topological polar surface area (TPSA) is 54.4 Å². The van der Waals surface area contributed by atoms with Crippen LogP contribution in [0.3, 0.4) is 0 Å². The molecule has 0 unspecified atom stereocenters. The van der Waals surface area contributed by atoms with E-state index in [-0.39, 0.29) is 6.42 Å². The SMILES string of the molecule is O=CCCCCCCCCCCCCCC=CCCCC(=O)O. The lowest BCUT2D eigenvalue weighted by Crippen LogP contribution is -1.92. The van der Waals surface area contributed by atoms with Crippen molar-refractivity contribution >= 4 is 12.3 Å². The van der Waals surface area contributed by atoms with Gasteiger partial charge >= 0.3 is 5.97 Å². The van der Waals surface area contributed by atoms with Crippen molar-refractivity contribution in [3.8, 4) is 0 Å². The monoisotopic (exact) mass is 324 g/mol. The van der Waals surface area contributed by atoms with Crippen molar-refractivity contribution in [3.63, 3.8) is 0 Å². The molecule has 0 rings (SSSR count). The summed E-state index contributed by atoms with van der Waals surface area (Å²) in [6, 6.07) is 0. The van der Waals surface area contributed by atoms with Crippen LogP contribution < -0.4 is 0 Å². The number of aliphatic carboxylic acids is 1. The first-order chi connectivity index (χ1) is 11.3. The molecule has 3 nitrogen and oxygen atoms in total. The lowest BCUT2D eigenvalue weighted by atomic mass is 10.0. The Hall–Kier alpha value is -1.12. The Kier molecular flexibility index (Phi) is 18.0. The molecule has 23 heavy (non-hydrogen) atoms. The second kappa shape index (κ2) is 18.9. The Morgan fingerprint density at radius 3 is 1.43 bits per heavy atom. The van der Waals surface area contributed by atoms with Crippen LogP contribution in [0.2, 0.25) is 0 Å². The van der Waals surface area contributed by atoms with Gasteiger partial charge in [0.15, 0.2) is 0 Å². The summed E-state index contributed by atoms with van der Waals surface area (Å²) in [5.41, 5.74) is 0. The molecule has 0 aromatic heterocycles. The van der Waals surface area contributed by atoms with E-state index in [4.69, 9.17) is 5.11 Å². The summed E-state index contributed by atoms with van der Waals surface area (Å²) in [4.78, 5) is 20.5. The molecule has 0 saturated carbocycles. The summed E-state index contributed by atoms with van der Waals surface area (Å²) in [5.74, 6) is -0.698. The predicted octanol–water partition coefficient (Wildman–Crippen LogP) is 6.07. The van der Waals surface area contributed by atoms with Crippen molar-refractivity contribution in [3.05, 3.63) is 12.2 Å². The molecule has 0 aliphatic heterocycles. The molecule has 0 fully saturated rings. The molecule has 0 spiro atoms. The molecule has 0 atom stereocenters. The van der Waals surface area contributed by atoms with Crippen LogP contribution in [0.5, 0.6) is 0 Å². The summed E-state index contributed by atoms with van der Waals surface area (Å²) in [7, 11) is 0. The number of hydrogen-bond donors (Lipinski definition) is 1. The maximum Gasteiger partial charge on any atom is 0.303 e. The van der Waals surface area contributed by atoms with Crippen molar-refractivity contribution < 1.29 is 14.7 Å². The second-order valence-corrected chi connectivity index (χ2v) is 6.39. The van der Waals surface area contributed by atoms with E-state index < -0.39 is 5.97 Å². The smallest absolute Gasteiger partial charge is 0.303 e. The molecule has 1 N–H and O–H groups in total. The number of hydrogen-bond acceptors (Lipinski definition) is 2. The molecule has 0 aliphatic carbocycles. The van der Waals surface area contributed by atoms with E-state index in [1.165, 1.54) is 64.2 Å². The highest BCUT2D eigenvalue weighted by molar-refractivity contribution is 5.66. The van der Waals surface area contributed by atoms with Gasteiger partial charge in [-0.15, -0.1) is 0 Å². The van der Waals surface area contributed by atoms with E-state index in [0.717, 1.165) is 38.4 Å². The number of carbonyl (C=O) groups excluding carboxylic acids is 1. The van der Waals surface area contributed by atoms with Gasteiger partial charge in [0.05, 0.1) is 0 Å². The van der Waals surface area contributed by atoms with Gasteiger partial charge in [0, 0.05) is 12.8 Å². The zero-order valence-electron chi connectivity index (χ0n) is 14.8. The maximum absolute atomic E-state index is 10.3. The van der Waals surface area contributed by atoms with Gasteiger partial charge in [0.2, 0.25) is 0 Å². The molecule has 0 bridgehead atoms. The lowest BCUT2D eigenvalue weighted by Gasteiger charge is -2.02. The number of carbonyl (C=O) groups is 2. The van der Waals surface area contributed by atoms with Crippen LogP contribution in [0.25, 0.3) is 0 Å². The van der Waals surface area contributed by atoms with Gasteiger partial charge in [0.25, 0.3) is 0 Å². The van der Waals surface area contributed by atoms with Gasteiger partial charge in [-0.2, -0.15) is 0 Å². The van der Waals surface area contributed by atoms with Gasteiger partial charge in [0.1, 0.15) is 6.29 Å². The molecule has 0 saturated heterocycles. The van der Waals surface area contributed by atoms with E-state index >= 15 is 0 Å². The first-order valence-corrected chi connectivity index (χ1v) is 9.58. The summed E-state index contributed by atoms with van der Waals surface area (Å²) in [6.07, 6.45) is 23.4. The third kappa shape index (κ3) is 20.9. The third-order valence-corrected chi connectivity index (χ3v) is 4.12. The van der Waals surface area contributed by atoms with Crippen molar-refractivity contribution in [2.75, 3.05) is 0 Å². The number of allylic oxidation sites excluding steroid dienone is 2. The molecule has 3 heteroatoms. The van der Waals surface area contributed by atoms with E-state index in [2.05, 4.69) is 12.2 Å². The Bertz CT molecular complexity index is 297. The van der Waals surface area contributed by atoms with Gasteiger partial charge < -0.3 is 9.90 Å². The highest BCUT2D eigenvalue weighted by atomic mass is 16.4. The van der Waals surface area contributed by atoms with Crippen LogP contribution in [0.15, 0.2) is 12.2 Å². The quantitative estimate of drug-likeness (QED) is 0.189. The Labute approximate surface area is 142 Å². The normalized spacial score (nSPS) is 11.1. The average Bonchev–Trinajstić information content (AvgIpc) is 2.53. The zero-order chi connectivity index (χ0) is 17.0. The van der Waals surface area contributed by atoms with Gasteiger partial charge in [-0.05, 0) is 32.1 Å². The molecule has 0 heterocycles. The third-order valence-electron chi connectivity index (χ3n) is 4.12. The standard InChI is InChI=1S/C20H36O3/c21-19-17-15-13-11-9-7-5-3-1-2-4-6-8-10-12-14-16-18-20(22)23/h10,12,19H,1-9,11,13-18H2,(H,22,23). The lowest BCUT2D eigenvalue weighted by molar-refractivity contribution is -0.137. The van der Waals surface area contributed by atoms with Gasteiger partial charge in [-0.25, -0.2) is 0 Å². The maximum atomic E-state index is 10.3. The van der Waals surface area contributed by atoms with Gasteiger partial charge in [-0.1, -0.05) is 69.9 Å². The average molecular weight is 325 g/mol. The molecular weight excluding hydrogens is 288 g/mol. The van der Waals surface area contributed by atoms with Crippen molar-refractivity contribution in [2.24, 2.45) is 0 Å². The number of carboxylic acid groups (broad SMARTS) is 1. The summed E-state index contributed by atoms with van der Waals surface area (Å²) in [6.45, 7) is 0. The van der Waals surface area contributed by atoms with Crippen LogP contribution in [0.1, 0.15) is 103 Å². The van der Waals surface area contributed by atoms with Crippen LogP contribution in [0, 0.1) is 0 Å². The molecule has 0 radical (unpaired) electrons. The fraction of sp³-hybridized carbons (Fsp3) is 0.800. The van der Waals surface area contributed by atoms with Crippen molar-refractivity contribution in [1.29, 1.82) is 0 Å². The minimum absolute atomic E-state index is 0.281. The predicted molar refractivity (Wildman–Crippen MR) is 96.7 cm³/mol.